The molecule has 0 atom stereocenters. The minimum atomic E-state index is -0.982. The van der Waals surface area contributed by atoms with E-state index >= 15 is 0 Å². The lowest BCUT2D eigenvalue weighted by Gasteiger charge is -2.29. The smallest absolute Gasteiger partial charge is 0.328 e. The van der Waals surface area contributed by atoms with E-state index in [1.165, 1.54) is 16.6 Å². The Morgan fingerprint density at radius 3 is 2.88 bits per heavy atom. The average Bonchev–Trinajstić information content (AvgIpc) is 2.66. The first-order valence-corrected chi connectivity index (χ1v) is 9.62. The summed E-state index contributed by atoms with van der Waals surface area (Å²) in [7, 11) is 1.59. The number of aliphatic carboxylic acids is 1. The van der Waals surface area contributed by atoms with Crippen molar-refractivity contribution in [2.45, 2.75) is 6.42 Å². The van der Waals surface area contributed by atoms with Crippen molar-refractivity contribution in [3.05, 3.63) is 53.0 Å². The average molecular weight is 375 g/mol. The molecule has 1 heterocycles. The van der Waals surface area contributed by atoms with Crippen LogP contribution in [0.1, 0.15) is 12.0 Å². The Hall–Kier alpha value is -2.18. The van der Waals surface area contributed by atoms with Gasteiger partial charge in [0.1, 0.15) is 6.61 Å². The van der Waals surface area contributed by atoms with Crippen molar-refractivity contribution < 1.29 is 19.4 Å². The van der Waals surface area contributed by atoms with Crippen molar-refractivity contribution in [3.8, 4) is 11.5 Å². The molecule has 1 aromatic carbocycles. The number of carbonyl (C=O) groups is 1. The van der Waals surface area contributed by atoms with E-state index in [4.69, 9.17) is 14.6 Å². The van der Waals surface area contributed by atoms with E-state index in [1.54, 1.807) is 37.1 Å². The second-order valence-corrected chi connectivity index (χ2v) is 6.71. The molecule has 1 aliphatic rings. The molecule has 6 heteroatoms. The molecule has 0 saturated heterocycles. The monoisotopic (exact) mass is 375 g/mol. The number of hydrogen-bond acceptors (Lipinski definition) is 5. The summed E-state index contributed by atoms with van der Waals surface area (Å²) < 4.78 is 11.2. The summed E-state index contributed by atoms with van der Waals surface area (Å²) in [6, 6.07) is 5.36. The van der Waals surface area contributed by atoms with Gasteiger partial charge in [0.25, 0.3) is 0 Å². The minimum absolute atomic E-state index is 0.529. The zero-order valence-electron chi connectivity index (χ0n) is 15.2. The van der Waals surface area contributed by atoms with Crippen LogP contribution in [0, 0.1) is 0 Å². The number of thioether (sulfide) groups is 1. The number of nitrogens with zero attached hydrogens (tertiary/aromatic N) is 1. The van der Waals surface area contributed by atoms with Crippen LogP contribution in [0.15, 0.2) is 47.4 Å². The Kier molecular flexibility index (Phi) is 7.81. The van der Waals surface area contributed by atoms with Crippen LogP contribution in [0.2, 0.25) is 0 Å². The molecule has 1 N–H and O–H groups in total. The Morgan fingerprint density at radius 2 is 2.23 bits per heavy atom. The van der Waals surface area contributed by atoms with Crippen molar-refractivity contribution in [1.82, 2.24) is 4.90 Å². The summed E-state index contributed by atoms with van der Waals surface area (Å²) in [6.07, 6.45) is 7.73. The van der Waals surface area contributed by atoms with Crippen LogP contribution in [-0.4, -0.2) is 55.6 Å². The summed E-state index contributed by atoms with van der Waals surface area (Å²) in [5.41, 5.74) is 2.05. The maximum atomic E-state index is 10.7. The molecule has 0 aliphatic carbocycles. The maximum absolute atomic E-state index is 10.7. The summed E-state index contributed by atoms with van der Waals surface area (Å²) >= 11 is 1.80. The highest BCUT2D eigenvalue weighted by molar-refractivity contribution is 8.02. The van der Waals surface area contributed by atoms with Gasteiger partial charge in [0.05, 0.1) is 7.11 Å². The Labute approximate surface area is 159 Å². The molecule has 1 aliphatic heterocycles. The first-order chi connectivity index (χ1) is 12.6. The van der Waals surface area contributed by atoms with Crippen LogP contribution in [0.25, 0.3) is 6.08 Å². The number of hydrogen-bond donors (Lipinski definition) is 1. The SMILES string of the molecule is C=CC1=C(SC)CCN(CCOc2cc(/C=C/C(=O)O)ccc2OC)C1. The maximum Gasteiger partial charge on any atom is 0.328 e. The molecule has 0 amide bonds. The largest absolute Gasteiger partial charge is 0.493 e. The van der Waals surface area contributed by atoms with Crippen LogP contribution in [-0.2, 0) is 4.79 Å². The number of rotatable bonds is 9. The molecule has 0 unspecified atom stereocenters. The van der Waals surface area contributed by atoms with Gasteiger partial charge in [0, 0.05) is 25.7 Å². The highest BCUT2D eigenvalue weighted by Crippen LogP contribution is 2.29. The topological polar surface area (TPSA) is 59.0 Å². The number of ether oxygens (including phenoxy) is 2. The van der Waals surface area contributed by atoms with Crippen LogP contribution in [0.4, 0.5) is 0 Å². The van der Waals surface area contributed by atoms with E-state index in [0.29, 0.717) is 18.1 Å². The van der Waals surface area contributed by atoms with Crippen molar-refractivity contribution in [3.63, 3.8) is 0 Å². The van der Waals surface area contributed by atoms with Gasteiger partial charge in [-0.1, -0.05) is 18.7 Å². The van der Waals surface area contributed by atoms with Gasteiger partial charge < -0.3 is 14.6 Å². The van der Waals surface area contributed by atoms with E-state index in [1.807, 2.05) is 6.08 Å². The summed E-state index contributed by atoms with van der Waals surface area (Å²) in [5, 5.41) is 8.75. The standard InChI is InChI=1S/C20H25NO4S/c1-4-16-14-21(10-9-19(16)26-3)11-12-25-18-13-15(6-8-20(22)23)5-7-17(18)24-2/h4-8,13H,1,9-12,14H2,2-3H3,(H,22,23)/b8-6+. The molecule has 0 aromatic heterocycles. The predicted molar refractivity (Wildman–Crippen MR) is 107 cm³/mol. The van der Waals surface area contributed by atoms with Gasteiger partial charge in [0.15, 0.2) is 11.5 Å². The molecule has 0 saturated carbocycles. The quantitative estimate of drug-likeness (QED) is 0.665. The summed E-state index contributed by atoms with van der Waals surface area (Å²) in [5.74, 6) is 0.262. The lowest BCUT2D eigenvalue weighted by molar-refractivity contribution is -0.131. The number of carboxylic acids is 1. The third-order valence-electron chi connectivity index (χ3n) is 4.17. The number of benzene rings is 1. The van der Waals surface area contributed by atoms with E-state index in [0.717, 1.165) is 37.7 Å². The predicted octanol–water partition coefficient (Wildman–Crippen LogP) is 3.68. The zero-order chi connectivity index (χ0) is 18.9. The summed E-state index contributed by atoms with van der Waals surface area (Å²) in [4.78, 5) is 14.4. The Morgan fingerprint density at radius 1 is 1.42 bits per heavy atom. The third-order valence-corrected chi connectivity index (χ3v) is 5.13. The second kappa shape index (κ2) is 10.1. The molecule has 26 heavy (non-hydrogen) atoms. The molecular weight excluding hydrogens is 350 g/mol. The van der Waals surface area contributed by atoms with E-state index < -0.39 is 5.97 Å². The second-order valence-electron chi connectivity index (χ2n) is 5.81. The van der Waals surface area contributed by atoms with E-state index in [-0.39, 0.29) is 0 Å². The molecule has 1 aromatic rings. The van der Waals surface area contributed by atoms with Gasteiger partial charge in [-0.2, -0.15) is 0 Å². The summed E-state index contributed by atoms with van der Waals surface area (Å²) in [6.45, 7) is 7.15. The molecule has 0 fully saturated rings. The Bertz CT molecular complexity index is 712. The lowest BCUT2D eigenvalue weighted by atomic mass is 10.1. The van der Waals surface area contributed by atoms with Crippen molar-refractivity contribution in [1.29, 1.82) is 0 Å². The molecule has 5 nitrogen and oxygen atoms in total. The fourth-order valence-electron chi connectivity index (χ4n) is 2.79. The van der Waals surface area contributed by atoms with Gasteiger partial charge in [-0.05, 0) is 46.9 Å². The van der Waals surface area contributed by atoms with Crippen LogP contribution in [0.5, 0.6) is 11.5 Å². The molecule has 0 spiro atoms. The minimum Gasteiger partial charge on any atom is -0.493 e. The van der Waals surface area contributed by atoms with Gasteiger partial charge >= 0.3 is 5.97 Å². The van der Waals surface area contributed by atoms with Crippen LogP contribution >= 0.6 is 11.8 Å². The van der Waals surface area contributed by atoms with E-state index in [9.17, 15) is 4.79 Å². The molecule has 140 valence electrons. The Balaban J connectivity index is 1.96. The molecule has 0 bridgehead atoms. The van der Waals surface area contributed by atoms with Gasteiger partial charge in [-0.15, -0.1) is 11.8 Å². The van der Waals surface area contributed by atoms with Gasteiger partial charge in [-0.3, -0.25) is 4.90 Å². The van der Waals surface area contributed by atoms with Gasteiger partial charge in [0.2, 0.25) is 0 Å². The fraction of sp³-hybridized carbons (Fsp3) is 0.350. The number of carboxylic acid groups (broad SMARTS) is 1. The number of methoxy groups -OCH3 is 1. The van der Waals surface area contributed by atoms with E-state index in [2.05, 4.69) is 17.7 Å². The van der Waals surface area contributed by atoms with Crippen LogP contribution < -0.4 is 9.47 Å². The van der Waals surface area contributed by atoms with Crippen molar-refractivity contribution in [2.24, 2.45) is 0 Å². The molecule has 0 radical (unpaired) electrons. The zero-order valence-corrected chi connectivity index (χ0v) is 16.1. The highest BCUT2D eigenvalue weighted by Gasteiger charge is 2.16. The molecule has 2 rings (SSSR count). The van der Waals surface area contributed by atoms with Crippen LogP contribution in [0.3, 0.4) is 0 Å². The third kappa shape index (κ3) is 5.68. The highest BCUT2D eigenvalue weighted by atomic mass is 32.2. The fourth-order valence-corrected chi connectivity index (χ4v) is 3.50. The normalized spacial score (nSPS) is 15.3. The first kappa shape index (κ1) is 20.1. The van der Waals surface area contributed by atoms with Crippen molar-refractivity contribution >= 4 is 23.8 Å². The lowest BCUT2D eigenvalue weighted by Crippen LogP contribution is -2.34. The van der Waals surface area contributed by atoms with Gasteiger partial charge in [-0.25, -0.2) is 4.79 Å². The molecular formula is C20H25NO4S. The van der Waals surface area contributed by atoms with Crippen molar-refractivity contribution in [2.75, 3.05) is 39.6 Å². The first-order valence-electron chi connectivity index (χ1n) is 8.40.